The molecule has 82 valence electrons. The van der Waals surface area contributed by atoms with E-state index in [1.165, 1.54) is 0 Å². The molecule has 0 saturated heterocycles. The molecule has 0 aliphatic rings. The number of hydrogen-bond acceptors (Lipinski definition) is 1. The molecule has 0 radical (unpaired) electrons. The molecule has 2 aromatic carbocycles. The molecular weight excluding hydrogens is 332 g/mol. The Morgan fingerprint density at radius 3 is 2.38 bits per heavy atom. The second kappa shape index (κ2) is 5.02. The van der Waals surface area contributed by atoms with Crippen molar-refractivity contribution in [2.75, 3.05) is 7.11 Å². The lowest BCUT2D eigenvalue weighted by atomic mass is 10.1. The van der Waals surface area contributed by atoms with Crippen LogP contribution in [0.25, 0.3) is 11.1 Å². The van der Waals surface area contributed by atoms with Crippen molar-refractivity contribution in [1.29, 1.82) is 0 Å². The molecule has 2 aromatic rings. The molecule has 0 aromatic heterocycles. The van der Waals surface area contributed by atoms with Crippen LogP contribution < -0.4 is 4.74 Å². The molecule has 0 spiro atoms. The fourth-order valence-electron chi connectivity index (χ4n) is 1.56. The molecule has 0 heterocycles. The number of ether oxygens (including phenoxy) is 1. The molecule has 0 unspecified atom stereocenters. The quantitative estimate of drug-likeness (QED) is 0.755. The van der Waals surface area contributed by atoms with Crippen molar-refractivity contribution in [2.24, 2.45) is 0 Å². The maximum Gasteiger partial charge on any atom is 0.126 e. The number of benzene rings is 2. The lowest BCUT2D eigenvalue weighted by Crippen LogP contribution is -1.87. The molecule has 0 atom stereocenters. The maximum absolute atomic E-state index is 5.36. The summed E-state index contributed by atoms with van der Waals surface area (Å²) in [6.07, 6.45) is 0. The smallest absolute Gasteiger partial charge is 0.126 e. The third kappa shape index (κ3) is 2.47. The molecule has 0 N–H and O–H groups in total. The van der Waals surface area contributed by atoms with Crippen molar-refractivity contribution in [3.8, 4) is 16.9 Å². The normalized spacial score (nSPS) is 10.2. The van der Waals surface area contributed by atoms with Gasteiger partial charge in [-0.1, -0.05) is 44.0 Å². The molecule has 2 rings (SSSR count). The molecule has 0 saturated carbocycles. The Morgan fingerprint density at radius 1 is 0.938 bits per heavy atom. The Bertz CT molecular complexity index is 509. The van der Waals surface area contributed by atoms with Crippen molar-refractivity contribution in [2.45, 2.75) is 0 Å². The van der Waals surface area contributed by atoms with Gasteiger partial charge < -0.3 is 4.74 Å². The molecule has 0 aliphatic carbocycles. The minimum Gasteiger partial charge on any atom is -0.496 e. The standard InChI is InChI=1S/C13H10Br2O/c1-16-13-6-5-11(15)8-12(13)9-3-2-4-10(14)7-9/h2-8H,1H3. The largest absolute Gasteiger partial charge is 0.496 e. The van der Waals surface area contributed by atoms with Crippen LogP contribution in [0.4, 0.5) is 0 Å². The molecular formula is C13H10Br2O. The van der Waals surface area contributed by atoms with Crippen LogP contribution in [0.3, 0.4) is 0 Å². The summed E-state index contributed by atoms with van der Waals surface area (Å²) in [4.78, 5) is 0. The predicted octanol–water partition coefficient (Wildman–Crippen LogP) is 4.89. The number of methoxy groups -OCH3 is 1. The third-order valence-electron chi connectivity index (χ3n) is 2.30. The van der Waals surface area contributed by atoms with Gasteiger partial charge in [0.25, 0.3) is 0 Å². The van der Waals surface area contributed by atoms with Crippen molar-refractivity contribution >= 4 is 31.9 Å². The van der Waals surface area contributed by atoms with Crippen LogP contribution in [0.15, 0.2) is 51.4 Å². The fraction of sp³-hybridized carbons (Fsp3) is 0.0769. The summed E-state index contributed by atoms with van der Waals surface area (Å²) in [7, 11) is 1.69. The predicted molar refractivity (Wildman–Crippen MR) is 73.8 cm³/mol. The molecule has 3 heteroatoms. The fourth-order valence-corrected chi connectivity index (χ4v) is 2.32. The van der Waals surface area contributed by atoms with Crippen LogP contribution in [0.1, 0.15) is 0 Å². The molecule has 1 nitrogen and oxygen atoms in total. The zero-order valence-electron chi connectivity index (χ0n) is 8.71. The lowest BCUT2D eigenvalue weighted by molar-refractivity contribution is 0.416. The van der Waals surface area contributed by atoms with Gasteiger partial charge in [0.2, 0.25) is 0 Å². The topological polar surface area (TPSA) is 9.23 Å². The van der Waals surface area contributed by atoms with Gasteiger partial charge in [-0.15, -0.1) is 0 Å². The first-order valence-electron chi connectivity index (χ1n) is 4.80. The summed E-state index contributed by atoms with van der Waals surface area (Å²) in [5.74, 6) is 0.876. The van der Waals surface area contributed by atoms with E-state index in [1.54, 1.807) is 7.11 Å². The second-order valence-electron chi connectivity index (χ2n) is 3.35. The second-order valence-corrected chi connectivity index (χ2v) is 5.19. The Morgan fingerprint density at radius 2 is 1.69 bits per heavy atom. The maximum atomic E-state index is 5.36. The van der Waals surface area contributed by atoms with Gasteiger partial charge in [-0.3, -0.25) is 0 Å². The average molecular weight is 342 g/mol. The van der Waals surface area contributed by atoms with E-state index in [0.29, 0.717) is 0 Å². The van der Waals surface area contributed by atoms with Crippen molar-refractivity contribution < 1.29 is 4.74 Å². The Kier molecular flexibility index (Phi) is 3.66. The summed E-state index contributed by atoms with van der Waals surface area (Å²) in [6, 6.07) is 14.1. The Balaban J connectivity index is 2.58. The first-order chi connectivity index (χ1) is 7.70. The first-order valence-corrected chi connectivity index (χ1v) is 6.39. The van der Waals surface area contributed by atoms with E-state index >= 15 is 0 Å². The number of rotatable bonds is 2. The SMILES string of the molecule is COc1ccc(Br)cc1-c1cccc(Br)c1. The van der Waals surface area contributed by atoms with E-state index in [4.69, 9.17) is 4.74 Å². The van der Waals surface area contributed by atoms with Crippen molar-refractivity contribution in [1.82, 2.24) is 0 Å². The molecule has 0 bridgehead atoms. The van der Waals surface area contributed by atoms with E-state index in [0.717, 1.165) is 25.8 Å². The summed E-state index contributed by atoms with van der Waals surface area (Å²) in [5.41, 5.74) is 2.21. The van der Waals surface area contributed by atoms with Crippen molar-refractivity contribution in [3.63, 3.8) is 0 Å². The van der Waals surface area contributed by atoms with Gasteiger partial charge in [-0.05, 0) is 35.9 Å². The van der Waals surface area contributed by atoms with E-state index in [1.807, 2.05) is 24.3 Å². The van der Waals surface area contributed by atoms with Gasteiger partial charge in [-0.25, -0.2) is 0 Å². The number of hydrogen-bond donors (Lipinski definition) is 0. The summed E-state index contributed by atoms with van der Waals surface area (Å²) in [6.45, 7) is 0. The highest BCUT2D eigenvalue weighted by Crippen LogP contribution is 2.33. The molecule has 0 aliphatic heterocycles. The monoisotopic (exact) mass is 340 g/mol. The van der Waals surface area contributed by atoms with Crippen LogP contribution in [0.2, 0.25) is 0 Å². The third-order valence-corrected chi connectivity index (χ3v) is 3.28. The molecule has 0 amide bonds. The van der Waals surface area contributed by atoms with Crippen LogP contribution in [0.5, 0.6) is 5.75 Å². The highest BCUT2D eigenvalue weighted by Gasteiger charge is 2.06. The molecule has 16 heavy (non-hydrogen) atoms. The van der Waals surface area contributed by atoms with Gasteiger partial charge in [0.15, 0.2) is 0 Å². The summed E-state index contributed by atoms with van der Waals surface area (Å²) >= 11 is 6.95. The lowest BCUT2D eigenvalue weighted by Gasteiger charge is -2.09. The first kappa shape index (κ1) is 11.7. The van der Waals surface area contributed by atoms with Crippen molar-refractivity contribution in [3.05, 3.63) is 51.4 Å². The van der Waals surface area contributed by atoms with Crippen LogP contribution >= 0.6 is 31.9 Å². The van der Waals surface area contributed by atoms with Crippen LogP contribution in [-0.4, -0.2) is 7.11 Å². The van der Waals surface area contributed by atoms with E-state index in [-0.39, 0.29) is 0 Å². The Hall–Kier alpha value is -0.800. The highest BCUT2D eigenvalue weighted by molar-refractivity contribution is 9.10. The average Bonchev–Trinajstić information content (AvgIpc) is 2.29. The van der Waals surface area contributed by atoms with Gasteiger partial charge in [0, 0.05) is 14.5 Å². The van der Waals surface area contributed by atoms with Crippen LogP contribution in [-0.2, 0) is 0 Å². The summed E-state index contributed by atoms with van der Waals surface area (Å²) < 4.78 is 7.47. The van der Waals surface area contributed by atoms with E-state index in [2.05, 4.69) is 50.1 Å². The van der Waals surface area contributed by atoms with Gasteiger partial charge >= 0.3 is 0 Å². The highest BCUT2D eigenvalue weighted by atomic mass is 79.9. The van der Waals surface area contributed by atoms with E-state index < -0.39 is 0 Å². The molecule has 0 fully saturated rings. The zero-order chi connectivity index (χ0) is 11.5. The summed E-state index contributed by atoms with van der Waals surface area (Å²) in [5, 5.41) is 0. The number of halogens is 2. The zero-order valence-corrected chi connectivity index (χ0v) is 11.9. The minimum absolute atomic E-state index is 0.876. The van der Waals surface area contributed by atoms with Gasteiger partial charge in [0.05, 0.1) is 7.11 Å². The van der Waals surface area contributed by atoms with E-state index in [9.17, 15) is 0 Å². The van der Waals surface area contributed by atoms with Crippen LogP contribution in [0, 0.1) is 0 Å². The van der Waals surface area contributed by atoms with Gasteiger partial charge in [0.1, 0.15) is 5.75 Å². The minimum atomic E-state index is 0.876. The Labute approximate surface area is 112 Å². The van der Waals surface area contributed by atoms with Gasteiger partial charge in [-0.2, -0.15) is 0 Å².